The molecule has 48 heavy (non-hydrogen) atoms. The molecule has 0 unspecified atom stereocenters. The number of nitrogens with zero attached hydrogens (tertiary/aromatic N) is 6. The number of pyridine rings is 1. The van der Waals surface area contributed by atoms with E-state index in [0.717, 1.165) is 71.9 Å². The van der Waals surface area contributed by atoms with Gasteiger partial charge >= 0.3 is 0 Å². The highest BCUT2D eigenvalue weighted by atomic mass is 79.9. The number of hydrogen-bond donors (Lipinski definition) is 0. The number of ketones is 2. The molecule has 1 atom stereocenters. The van der Waals surface area contributed by atoms with Crippen molar-refractivity contribution in [3.05, 3.63) is 88.8 Å². The van der Waals surface area contributed by atoms with Crippen molar-refractivity contribution in [2.24, 2.45) is 0 Å². The van der Waals surface area contributed by atoms with Gasteiger partial charge < -0.3 is 9.64 Å². The SMILES string of the molecule is O=C1CC[C@H](N2C(=O)c3cccc(OCCCCN4CCN(c5ccc(-n6cc(Br)c(-c7ccncc7)n6)cc5)CC4)c3C2=O)C(=O)C1. The van der Waals surface area contributed by atoms with Crippen molar-refractivity contribution < 1.29 is 23.9 Å². The van der Waals surface area contributed by atoms with Crippen LogP contribution in [0, 0.1) is 0 Å². The van der Waals surface area contributed by atoms with Crippen molar-refractivity contribution in [3.8, 4) is 22.7 Å². The average molecular weight is 712 g/mol. The Labute approximate surface area is 286 Å². The highest BCUT2D eigenvalue weighted by Crippen LogP contribution is 2.34. The first-order valence-electron chi connectivity index (χ1n) is 16.3. The molecule has 2 aromatic carbocycles. The van der Waals surface area contributed by atoms with Crippen LogP contribution in [0.4, 0.5) is 5.69 Å². The molecule has 4 heterocycles. The molecule has 2 amide bonds. The number of ether oxygens (including phenoxy) is 1. The second kappa shape index (κ2) is 13.8. The third-order valence-corrected chi connectivity index (χ3v) is 9.84. The zero-order valence-corrected chi connectivity index (χ0v) is 28.0. The Balaban J connectivity index is 0.866. The fourth-order valence-corrected chi connectivity index (χ4v) is 7.17. The number of unbranched alkanes of at least 4 members (excludes halogenated alkanes) is 1. The van der Waals surface area contributed by atoms with Crippen LogP contribution in [0.1, 0.15) is 52.8 Å². The lowest BCUT2D eigenvalue weighted by molar-refractivity contribution is -0.132. The van der Waals surface area contributed by atoms with Crippen LogP contribution in [0.3, 0.4) is 0 Å². The number of aromatic nitrogens is 3. The first-order valence-corrected chi connectivity index (χ1v) is 17.1. The molecule has 1 aliphatic carbocycles. The maximum Gasteiger partial charge on any atom is 0.266 e. The number of rotatable bonds is 10. The molecule has 1 saturated carbocycles. The number of amides is 2. The predicted molar refractivity (Wildman–Crippen MR) is 182 cm³/mol. The molecule has 3 aliphatic rings. The van der Waals surface area contributed by atoms with Gasteiger partial charge in [0, 0.05) is 62.4 Å². The van der Waals surface area contributed by atoms with E-state index in [0.29, 0.717) is 12.4 Å². The van der Waals surface area contributed by atoms with Gasteiger partial charge in [0.05, 0.1) is 40.4 Å². The first kappa shape index (κ1) is 31.9. The summed E-state index contributed by atoms with van der Waals surface area (Å²) in [6.45, 7) is 5.18. The number of carbonyl (C=O) groups excluding carboxylic acids is 4. The summed E-state index contributed by atoms with van der Waals surface area (Å²) in [5.74, 6) is -1.18. The summed E-state index contributed by atoms with van der Waals surface area (Å²) in [6.07, 6.45) is 7.37. The molecule has 0 bridgehead atoms. The van der Waals surface area contributed by atoms with Gasteiger partial charge in [0.1, 0.15) is 17.2 Å². The van der Waals surface area contributed by atoms with Crippen LogP contribution in [0.15, 0.2) is 77.7 Å². The maximum atomic E-state index is 13.3. The van der Waals surface area contributed by atoms with Gasteiger partial charge in [-0.15, -0.1) is 0 Å². The van der Waals surface area contributed by atoms with E-state index in [9.17, 15) is 19.2 Å². The largest absolute Gasteiger partial charge is 0.493 e. The van der Waals surface area contributed by atoms with E-state index >= 15 is 0 Å². The third-order valence-electron chi connectivity index (χ3n) is 9.26. The van der Waals surface area contributed by atoms with Crippen LogP contribution in [0.5, 0.6) is 5.75 Å². The van der Waals surface area contributed by atoms with Crippen LogP contribution in [-0.2, 0) is 9.59 Å². The van der Waals surface area contributed by atoms with E-state index in [1.165, 1.54) is 5.69 Å². The number of Topliss-reactive ketones (excluding diaryl/α,β-unsaturated/α-hetero) is 2. The maximum absolute atomic E-state index is 13.3. The number of piperazine rings is 1. The van der Waals surface area contributed by atoms with Crippen LogP contribution in [0.25, 0.3) is 16.9 Å². The minimum absolute atomic E-state index is 0.152. The summed E-state index contributed by atoms with van der Waals surface area (Å²) in [7, 11) is 0. The molecule has 0 radical (unpaired) electrons. The lowest BCUT2D eigenvalue weighted by atomic mass is 9.92. The monoisotopic (exact) mass is 710 g/mol. The Morgan fingerprint density at radius 3 is 2.35 bits per heavy atom. The Hall–Kier alpha value is -4.68. The number of imide groups is 1. The summed E-state index contributed by atoms with van der Waals surface area (Å²) >= 11 is 3.64. The molecule has 2 aromatic heterocycles. The van der Waals surface area contributed by atoms with E-state index in [4.69, 9.17) is 9.84 Å². The normalized spacial score (nSPS) is 18.5. The van der Waals surface area contributed by atoms with Crippen molar-refractivity contribution in [2.75, 3.05) is 44.2 Å². The van der Waals surface area contributed by atoms with Gasteiger partial charge in [-0.25, -0.2) is 4.68 Å². The summed E-state index contributed by atoms with van der Waals surface area (Å²) < 4.78 is 8.81. The number of halogens is 1. The first-order chi connectivity index (χ1) is 23.4. The van der Waals surface area contributed by atoms with Crippen LogP contribution in [0.2, 0.25) is 0 Å². The number of anilines is 1. The fraction of sp³-hybridized carbons (Fsp3) is 0.333. The van der Waals surface area contributed by atoms with E-state index in [-0.39, 0.29) is 42.0 Å². The van der Waals surface area contributed by atoms with Crippen molar-refractivity contribution >= 4 is 45.0 Å². The molecule has 1 saturated heterocycles. The Morgan fingerprint density at radius 2 is 1.60 bits per heavy atom. The van der Waals surface area contributed by atoms with Crippen LogP contribution in [-0.4, -0.2) is 93.3 Å². The second-order valence-electron chi connectivity index (χ2n) is 12.3. The van der Waals surface area contributed by atoms with E-state index in [2.05, 4.69) is 55.0 Å². The predicted octanol–water partition coefficient (Wildman–Crippen LogP) is 4.96. The minimum atomic E-state index is -0.889. The van der Waals surface area contributed by atoms with E-state index < -0.39 is 17.9 Å². The topological polar surface area (TPSA) is 118 Å². The van der Waals surface area contributed by atoms with Crippen LogP contribution >= 0.6 is 15.9 Å². The highest BCUT2D eigenvalue weighted by Gasteiger charge is 2.45. The molecule has 11 nitrogen and oxygen atoms in total. The third kappa shape index (κ3) is 6.42. The summed E-state index contributed by atoms with van der Waals surface area (Å²) in [4.78, 5) is 60.5. The van der Waals surface area contributed by atoms with Gasteiger partial charge in [-0.3, -0.25) is 34.0 Å². The van der Waals surface area contributed by atoms with Crippen LogP contribution < -0.4 is 9.64 Å². The Bertz CT molecular complexity index is 1850. The molecule has 246 valence electrons. The summed E-state index contributed by atoms with van der Waals surface area (Å²) in [5.41, 5.74) is 4.53. The minimum Gasteiger partial charge on any atom is -0.493 e. The quantitative estimate of drug-likeness (QED) is 0.128. The molecule has 0 N–H and O–H groups in total. The molecular weight excluding hydrogens is 676 g/mol. The van der Waals surface area contributed by atoms with E-state index in [1.807, 2.05) is 23.0 Å². The van der Waals surface area contributed by atoms with Crippen molar-refractivity contribution in [1.82, 2.24) is 24.6 Å². The van der Waals surface area contributed by atoms with Gasteiger partial charge in [0.2, 0.25) is 0 Å². The Morgan fingerprint density at radius 1 is 0.854 bits per heavy atom. The smallest absolute Gasteiger partial charge is 0.266 e. The molecular formula is C36H35BrN6O5. The average Bonchev–Trinajstić information content (AvgIpc) is 3.62. The molecule has 0 spiro atoms. The van der Waals surface area contributed by atoms with E-state index in [1.54, 1.807) is 30.6 Å². The molecule has 2 fully saturated rings. The highest BCUT2D eigenvalue weighted by molar-refractivity contribution is 9.10. The van der Waals surface area contributed by atoms with Gasteiger partial charge in [0.25, 0.3) is 11.8 Å². The lowest BCUT2D eigenvalue weighted by Crippen LogP contribution is -2.47. The van der Waals surface area contributed by atoms with Crippen molar-refractivity contribution in [2.45, 2.75) is 38.1 Å². The fourth-order valence-electron chi connectivity index (χ4n) is 6.66. The molecule has 12 heteroatoms. The number of carbonyl (C=O) groups is 4. The summed E-state index contributed by atoms with van der Waals surface area (Å²) in [5, 5.41) is 4.77. The zero-order valence-electron chi connectivity index (χ0n) is 26.4. The van der Waals surface area contributed by atoms with Gasteiger partial charge in [0.15, 0.2) is 5.78 Å². The van der Waals surface area contributed by atoms with Gasteiger partial charge in [-0.2, -0.15) is 5.10 Å². The lowest BCUT2D eigenvalue weighted by Gasteiger charge is -2.36. The molecule has 7 rings (SSSR count). The van der Waals surface area contributed by atoms with Gasteiger partial charge in [-0.1, -0.05) is 6.07 Å². The summed E-state index contributed by atoms with van der Waals surface area (Å²) in [6, 6.07) is 16.5. The second-order valence-corrected chi connectivity index (χ2v) is 13.2. The number of hydrogen-bond acceptors (Lipinski definition) is 9. The molecule has 2 aliphatic heterocycles. The number of benzene rings is 2. The standard InChI is InChI=1S/C36H35BrN6O5/c37-29-23-42(39-34(29)24-12-14-38-15-13-24)26-8-6-25(7-9-26)41-19-17-40(18-20-41)16-1-2-21-48-32-5-3-4-28-33(32)36(47)43(35(28)46)30-11-10-27(44)22-31(30)45/h3-9,12-15,23,30H,1-2,10-11,16-22H2/t30-/m0/s1. The Kier molecular flexibility index (Phi) is 9.18. The van der Waals surface area contributed by atoms with Crippen molar-refractivity contribution in [1.29, 1.82) is 0 Å². The van der Waals surface area contributed by atoms with Crippen molar-refractivity contribution in [3.63, 3.8) is 0 Å². The number of fused-ring (bicyclic) bond motifs is 1. The zero-order chi connectivity index (χ0) is 33.2. The molecule has 4 aromatic rings. The van der Waals surface area contributed by atoms with Gasteiger partial charge in [-0.05, 0) is 90.3 Å².